The van der Waals surface area contributed by atoms with Crippen LogP contribution in [0.1, 0.15) is 67.2 Å². The average molecular weight is 387 g/mol. The predicted molar refractivity (Wildman–Crippen MR) is 109 cm³/mol. The Morgan fingerprint density at radius 2 is 1.86 bits per heavy atom. The van der Waals surface area contributed by atoms with Gasteiger partial charge in [0.05, 0.1) is 17.9 Å². The lowest BCUT2D eigenvalue weighted by atomic mass is 9.69. The van der Waals surface area contributed by atoms with Crippen molar-refractivity contribution in [3.05, 3.63) is 34.6 Å². The van der Waals surface area contributed by atoms with Gasteiger partial charge in [-0.3, -0.25) is 9.59 Å². The number of esters is 1. The molecule has 0 aromatic heterocycles. The van der Waals surface area contributed by atoms with Crippen molar-refractivity contribution < 1.29 is 19.4 Å². The molecule has 2 aliphatic carbocycles. The van der Waals surface area contributed by atoms with Crippen LogP contribution in [0.2, 0.25) is 0 Å². The molecule has 1 aliphatic heterocycles. The molecule has 3 aliphatic rings. The lowest BCUT2D eigenvalue weighted by Gasteiger charge is -2.33. The normalized spacial score (nSPS) is 39.5. The van der Waals surface area contributed by atoms with Gasteiger partial charge in [-0.1, -0.05) is 38.0 Å². The molecule has 0 unspecified atom stereocenters. The Morgan fingerprint density at radius 3 is 2.46 bits per heavy atom. The number of ketones is 1. The van der Waals surface area contributed by atoms with Crippen molar-refractivity contribution in [2.24, 2.45) is 29.1 Å². The third-order valence-corrected chi connectivity index (χ3v) is 7.12. The van der Waals surface area contributed by atoms with Gasteiger partial charge in [0.2, 0.25) is 0 Å². The van der Waals surface area contributed by atoms with Crippen molar-refractivity contribution in [3.8, 4) is 0 Å². The summed E-state index contributed by atoms with van der Waals surface area (Å²) in [6, 6.07) is 0. The molecule has 154 valence electrons. The molecule has 0 aromatic carbocycles. The summed E-state index contributed by atoms with van der Waals surface area (Å²) in [5.74, 6) is 0.429. The first-order chi connectivity index (χ1) is 13.1. The SMILES string of the molecule is C/C1=C/[C@@H]2/C(=C(/C)CC[C@@]3(C)C(=O)C=C(C(C)C)[C@H]3CC1)OC(=O)[C@@H]2[C@H](C)O. The van der Waals surface area contributed by atoms with Gasteiger partial charge in [0.25, 0.3) is 0 Å². The molecule has 1 N–H and O–H groups in total. The highest BCUT2D eigenvalue weighted by Gasteiger charge is 2.48. The number of aliphatic hydroxyl groups excluding tert-OH is 1. The van der Waals surface area contributed by atoms with Crippen molar-refractivity contribution in [2.45, 2.75) is 73.3 Å². The zero-order chi connectivity index (χ0) is 20.8. The second-order valence-electron chi connectivity index (χ2n) is 9.54. The zero-order valence-electron chi connectivity index (χ0n) is 18.0. The Hall–Kier alpha value is -1.68. The Morgan fingerprint density at radius 1 is 1.18 bits per heavy atom. The van der Waals surface area contributed by atoms with Gasteiger partial charge in [-0.05, 0) is 69.9 Å². The minimum absolute atomic E-state index is 0.214. The van der Waals surface area contributed by atoms with Crippen LogP contribution in [-0.2, 0) is 14.3 Å². The molecular formula is C24H34O4. The second kappa shape index (κ2) is 7.62. The Balaban J connectivity index is 2.02. The molecule has 4 heteroatoms. The van der Waals surface area contributed by atoms with Crippen LogP contribution in [-0.4, -0.2) is 23.0 Å². The molecule has 0 radical (unpaired) electrons. The molecule has 1 heterocycles. The van der Waals surface area contributed by atoms with Gasteiger partial charge in [-0.25, -0.2) is 0 Å². The molecule has 0 aromatic rings. The maximum Gasteiger partial charge on any atom is 0.317 e. The fraction of sp³-hybridized carbons (Fsp3) is 0.667. The van der Waals surface area contributed by atoms with E-state index in [1.54, 1.807) is 6.92 Å². The lowest BCUT2D eigenvalue weighted by Crippen LogP contribution is -2.32. The first kappa shape index (κ1) is 21.0. The van der Waals surface area contributed by atoms with Crippen molar-refractivity contribution in [3.63, 3.8) is 0 Å². The third kappa shape index (κ3) is 3.52. The van der Waals surface area contributed by atoms with E-state index in [0.717, 1.165) is 31.3 Å². The standard InChI is InChI=1S/C24H34O4/c1-13(2)17-12-20(26)24(6)10-9-15(4)22-18(11-14(3)7-8-19(17)24)21(16(5)25)23(27)28-22/h11-13,16,18-19,21,25H,7-10H2,1-6H3/b14-11-,22-15+/t16-,18-,19+,21+,24+/m0/s1. The summed E-state index contributed by atoms with van der Waals surface area (Å²) in [6.45, 7) is 12.2. The Bertz CT molecular complexity index is 767. The summed E-state index contributed by atoms with van der Waals surface area (Å²) < 4.78 is 5.64. The van der Waals surface area contributed by atoms with Crippen LogP contribution in [0.15, 0.2) is 34.6 Å². The quantitative estimate of drug-likeness (QED) is 0.550. The summed E-state index contributed by atoms with van der Waals surface area (Å²) in [5.41, 5.74) is 3.08. The lowest BCUT2D eigenvalue weighted by molar-refractivity contribution is -0.142. The molecule has 5 atom stereocenters. The molecule has 28 heavy (non-hydrogen) atoms. The third-order valence-electron chi connectivity index (χ3n) is 7.12. The van der Waals surface area contributed by atoms with Crippen LogP contribution in [0.25, 0.3) is 0 Å². The Kier molecular flexibility index (Phi) is 5.73. The summed E-state index contributed by atoms with van der Waals surface area (Å²) in [6.07, 6.45) is 6.53. The number of hydrogen-bond donors (Lipinski definition) is 1. The molecule has 0 spiro atoms. The van der Waals surface area contributed by atoms with Gasteiger partial charge in [0, 0.05) is 5.41 Å². The number of allylic oxidation sites excluding steroid dienone is 5. The Labute approximate surface area is 168 Å². The van der Waals surface area contributed by atoms with E-state index in [1.807, 2.05) is 13.0 Å². The van der Waals surface area contributed by atoms with Crippen LogP contribution in [0.3, 0.4) is 0 Å². The van der Waals surface area contributed by atoms with E-state index in [9.17, 15) is 14.7 Å². The maximum atomic E-state index is 13.0. The molecule has 0 saturated carbocycles. The minimum Gasteiger partial charge on any atom is -0.430 e. The van der Waals surface area contributed by atoms with Gasteiger partial charge in [0.1, 0.15) is 5.76 Å². The van der Waals surface area contributed by atoms with Gasteiger partial charge in [-0.15, -0.1) is 0 Å². The largest absolute Gasteiger partial charge is 0.430 e. The van der Waals surface area contributed by atoms with Crippen LogP contribution in [0, 0.1) is 29.1 Å². The molecule has 4 nitrogen and oxygen atoms in total. The van der Waals surface area contributed by atoms with Crippen LogP contribution in [0.4, 0.5) is 0 Å². The topological polar surface area (TPSA) is 63.6 Å². The monoisotopic (exact) mass is 386 g/mol. The van der Waals surface area contributed by atoms with Gasteiger partial charge in [-0.2, -0.15) is 0 Å². The van der Waals surface area contributed by atoms with E-state index in [0.29, 0.717) is 11.7 Å². The summed E-state index contributed by atoms with van der Waals surface area (Å²) in [4.78, 5) is 25.4. The van der Waals surface area contributed by atoms with Crippen molar-refractivity contribution in [1.82, 2.24) is 0 Å². The van der Waals surface area contributed by atoms with E-state index in [-0.39, 0.29) is 23.6 Å². The summed E-state index contributed by atoms with van der Waals surface area (Å²) >= 11 is 0. The highest BCUT2D eigenvalue weighted by Crippen LogP contribution is 2.50. The predicted octanol–water partition coefficient (Wildman–Crippen LogP) is 4.74. The van der Waals surface area contributed by atoms with Crippen LogP contribution >= 0.6 is 0 Å². The maximum absolute atomic E-state index is 13.0. The zero-order valence-corrected chi connectivity index (χ0v) is 18.0. The first-order valence-electron chi connectivity index (χ1n) is 10.6. The van der Waals surface area contributed by atoms with Crippen molar-refractivity contribution >= 4 is 11.8 Å². The molecule has 0 amide bonds. The fourth-order valence-electron chi connectivity index (χ4n) is 5.24. The van der Waals surface area contributed by atoms with Crippen molar-refractivity contribution in [1.29, 1.82) is 0 Å². The highest BCUT2D eigenvalue weighted by atomic mass is 16.5. The average Bonchev–Trinajstić information content (AvgIpc) is 3.05. The number of ether oxygens (including phenoxy) is 1. The van der Waals surface area contributed by atoms with E-state index in [4.69, 9.17) is 4.74 Å². The fourth-order valence-corrected chi connectivity index (χ4v) is 5.24. The van der Waals surface area contributed by atoms with Gasteiger partial charge in [0.15, 0.2) is 5.78 Å². The number of aliphatic hydroxyl groups is 1. The second-order valence-corrected chi connectivity index (χ2v) is 9.54. The number of rotatable bonds is 2. The van der Waals surface area contributed by atoms with Crippen molar-refractivity contribution in [2.75, 3.05) is 0 Å². The molecule has 1 fully saturated rings. The summed E-state index contributed by atoms with van der Waals surface area (Å²) in [7, 11) is 0. The van der Waals surface area contributed by atoms with Gasteiger partial charge < -0.3 is 9.84 Å². The number of fused-ring (bicyclic) bond motifs is 2. The molecule has 3 rings (SSSR count). The van der Waals surface area contributed by atoms with E-state index < -0.39 is 17.4 Å². The molecular weight excluding hydrogens is 352 g/mol. The van der Waals surface area contributed by atoms with Crippen LogP contribution < -0.4 is 0 Å². The molecule has 0 bridgehead atoms. The van der Waals surface area contributed by atoms with Crippen LogP contribution in [0.5, 0.6) is 0 Å². The smallest absolute Gasteiger partial charge is 0.317 e. The highest BCUT2D eigenvalue weighted by molar-refractivity contribution is 5.98. The van der Waals surface area contributed by atoms with E-state index in [1.165, 1.54) is 11.1 Å². The summed E-state index contributed by atoms with van der Waals surface area (Å²) in [5, 5.41) is 10.2. The van der Waals surface area contributed by atoms with Gasteiger partial charge >= 0.3 is 5.97 Å². The first-order valence-corrected chi connectivity index (χ1v) is 10.6. The number of hydrogen-bond acceptors (Lipinski definition) is 4. The minimum atomic E-state index is -0.758. The van der Waals surface area contributed by atoms with E-state index >= 15 is 0 Å². The number of carbonyl (C=O) groups is 2. The van der Waals surface area contributed by atoms with E-state index in [2.05, 4.69) is 33.8 Å². The molecule has 1 saturated heterocycles. The number of carbonyl (C=O) groups excluding carboxylic acids is 2.